The molecule has 0 aliphatic heterocycles. The van der Waals surface area contributed by atoms with Crippen LogP contribution in [-0.4, -0.2) is 29.2 Å². The van der Waals surface area contributed by atoms with E-state index in [-0.39, 0.29) is 11.9 Å². The normalized spacial score (nSPS) is 22.3. The summed E-state index contributed by atoms with van der Waals surface area (Å²) >= 11 is 0. The van der Waals surface area contributed by atoms with Crippen molar-refractivity contribution in [2.24, 2.45) is 5.73 Å². The topological polar surface area (TPSA) is 75.3 Å². The summed E-state index contributed by atoms with van der Waals surface area (Å²) in [6.45, 7) is 2.39. The van der Waals surface area contributed by atoms with Crippen molar-refractivity contribution in [2.45, 2.75) is 57.1 Å². The second-order valence-electron chi connectivity index (χ2n) is 4.53. The predicted octanol–water partition coefficient (Wildman–Crippen LogP) is 0.535. The molecule has 0 aromatic heterocycles. The minimum absolute atomic E-state index is 0.309. The fourth-order valence-electron chi connectivity index (χ4n) is 2.15. The lowest BCUT2D eigenvalue weighted by molar-refractivity contribution is -0.120. The maximum Gasteiger partial charge on any atom is 0.234 e. The van der Waals surface area contributed by atoms with Crippen LogP contribution in [0.2, 0.25) is 0 Å². The van der Waals surface area contributed by atoms with E-state index in [1.54, 1.807) is 0 Å². The average molecular weight is 214 g/mol. The predicted molar refractivity (Wildman–Crippen MR) is 59.3 cm³/mol. The molecule has 1 rings (SSSR count). The zero-order valence-corrected chi connectivity index (χ0v) is 9.46. The van der Waals surface area contributed by atoms with Crippen LogP contribution in [0.15, 0.2) is 0 Å². The van der Waals surface area contributed by atoms with Crippen molar-refractivity contribution in [3.63, 3.8) is 0 Å². The Balaban J connectivity index is 2.36. The van der Waals surface area contributed by atoms with Crippen LogP contribution in [0.5, 0.6) is 0 Å². The van der Waals surface area contributed by atoms with Gasteiger partial charge in [0.25, 0.3) is 0 Å². The first kappa shape index (κ1) is 12.5. The van der Waals surface area contributed by atoms with Crippen molar-refractivity contribution < 1.29 is 9.90 Å². The highest BCUT2D eigenvalue weighted by atomic mass is 16.3. The number of hydrogen-bond donors (Lipinski definition) is 3. The van der Waals surface area contributed by atoms with Crippen LogP contribution in [-0.2, 0) is 4.79 Å². The molecular weight excluding hydrogens is 192 g/mol. The highest BCUT2D eigenvalue weighted by molar-refractivity contribution is 5.79. The largest absolute Gasteiger partial charge is 0.389 e. The van der Waals surface area contributed by atoms with E-state index in [0.29, 0.717) is 13.0 Å². The first-order valence-electron chi connectivity index (χ1n) is 5.82. The standard InChI is InChI=1S/C11H22N2O2/c1-2-9(10(12)14)13-8-11(15)6-4-3-5-7-11/h9,13,15H,2-8H2,1H3,(H2,12,14). The van der Waals surface area contributed by atoms with Crippen LogP contribution < -0.4 is 11.1 Å². The Bertz CT molecular complexity index is 213. The Morgan fingerprint density at radius 3 is 2.53 bits per heavy atom. The maximum absolute atomic E-state index is 11.0. The van der Waals surface area contributed by atoms with E-state index < -0.39 is 5.60 Å². The lowest BCUT2D eigenvalue weighted by Gasteiger charge is -2.33. The van der Waals surface area contributed by atoms with Crippen LogP contribution in [0.25, 0.3) is 0 Å². The van der Waals surface area contributed by atoms with Crippen LogP contribution in [0, 0.1) is 0 Å². The van der Waals surface area contributed by atoms with E-state index in [1.165, 1.54) is 6.42 Å². The van der Waals surface area contributed by atoms with E-state index in [0.717, 1.165) is 25.7 Å². The molecule has 0 saturated heterocycles. The Hall–Kier alpha value is -0.610. The lowest BCUT2D eigenvalue weighted by Crippen LogP contribution is -2.49. The van der Waals surface area contributed by atoms with Gasteiger partial charge in [-0.1, -0.05) is 26.2 Å². The van der Waals surface area contributed by atoms with Gasteiger partial charge in [-0.2, -0.15) is 0 Å². The number of aliphatic hydroxyl groups is 1. The Morgan fingerprint density at radius 1 is 1.47 bits per heavy atom. The van der Waals surface area contributed by atoms with E-state index in [2.05, 4.69) is 5.32 Å². The summed E-state index contributed by atoms with van der Waals surface area (Å²) in [4.78, 5) is 11.0. The molecule has 0 heterocycles. The fraction of sp³-hybridized carbons (Fsp3) is 0.909. The van der Waals surface area contributed by atoms with Crippen molar-refractivity contribution in [3.05, 3.63) is 0 Å². The summed E-state index contributed by atoms with van der Waals surface area (Å²) in [6, 6.07) is -0.309. The third-order valence-electron chi connectivity index (χ3n) is 3.21. The van der Waals surface area contributed by atoms with Crippen LogP contribution in [0.1, 0.15) is 45.4 Å². The molecule has 1 atom stereocenters. The summed E-state index contributed by atoms with van der Waals surface area (Å²) < 4.78 is 0. The third-order valence-corrected chi connectivity index (χ3v) is 3.21. The lowest BCUT2D eigenvalue weighted by atomic mass is 9.84. The molecule has 4 N–H and O–H groups in total. The molecule has 15 heavy (non-hydrogen) atoms. The Kier molecular flexibility index (Phi) is 4.54. The molecule has 1 aliphatic carbocycles. The zero-order chi connectivity index (χ0) is 11.3. The molecule has 4 nitrogen and oxygen atoms in total. The van der Waals surface area contributed by atoms with Gasteiger partial charge in [0.2, 0.25) is 5.91 Å². The number of carbonyl (C=O) groups excluding carboxylic acids is 1. The number of carbonyl (C=O) groups is 1. The van der Waals surface area contributed by atoms with Crippen molar-refractivity contribution in [1.29, 1.82) is 0 Å². The monoisotopic (exact) mass is 214 g/mol. The summed E-state index contributed by atoms with van der Waals surface area (Å²) in [5.74, 6) is -0.336. The minimum atomic E-state index is -0.624. The highest BCUT2D eigenvalue weighted by Gasteiger charge is 2.29. The number of amides is 1. The Morgan fingerprint density at radius 2 is 2.07 bits per heavy atom. The molecule has 1 fully saturated rings. The second kappa shape index (κ2) is 5.47. The first-order valence-corrected chi connectivity index (χ1v) is 5.82. The molecule has 88 valence electrons. The van der Waals surface area contributed by atoms with E-state index in [9.17, 15) is 9.90 Å². The van der Waals surface area contributed by atoms with E-state index in [4.69, 9.17) is 5.73 Å². The molecule has 0 radical (unpaired) electrons. The van der Waals surface area contributed by atoms with Gasteiger partial charge < -0.3 is 16.2 Å². The van der Waals surface area contributed by atoms with E-state index >= 15 is 0 Å². The van der Waals surface area contributed by atoms with Crippen molar-refractivity contribution in [3.8, 4) is 0 Å². The maximum atomic E-state index is 11.0. The van der Waals surface area contributed by atoms with E-state index in [1.807, 2.05) is 6.92 Å². The molecule has 0 spiro atoms. The molecule has 1 aliphatic rings. The van der Waals surface area contributed by atoms with Gasteiger partial charge in [-0.05, 0) is 19.3 Å². The van der Waals surface area contributed by atoms with Crippen molar-refractivity contribution >= 4 is 5.91 Å². The first-order chi connectivity index (χ1) is 7.07. The Labute approximate surface area is 91.2 Å². The fourth-order valence-corrected chi connectivity index (χ4v) is 2.15. The van der Waals surface area contributed by atoms with Crippen molar-refractivity contribution in [1.82, 2.24) is 5.32 Å². The highest BCUT2D eigenvalue weighted by Crippen LogP contribution is 2.27. The summed E-state index contributed by atoms with van der Waals surface area (Å²) in [5, 5.41) is 13.2. The summed E-state index contributed by atoms with van der Waals surface area (Å²) in [7, 11) is 0. The summed E-state index contributed by atoms with van der Waals surface area (Å²) in [5.41, 5.74) is 4.60. The number of nitrogens with one attached hydrogen (secondary N) is 1. The van der Waals surface area contributed by atoms with Crippen LogP contribution in [0.3, 0.4) is 0 Å². The van der Waals surface area contributed by atoms with Crippen molar-refractivity contribution in [2.75, 3.05) is 6.54 Å². The summed E-state index contributed by atoms with van der Waals surface area (Å²) in [6.07, 6.45) is 5.68. The molecule has 4 heteroatoms. The quantitative estimate of drug-likeness (QED) is 0.625. The smallest absolute Gasteiger partial charge is 0.234 e. The van der Waals surface area contributed by atoms with Crippen LogP contribution >= 0.6 is 0 Å². The number of hydrogen-bond acceptors (Lipinski definition) is 3. The van der Waals surface area contributed by atoms with Gasteiger partial charge in [-0.25, -0.2) is 0 Å². The number of nitrogens with two attached hydrogens (primary N) is 1. The third kappa shape index (κ3) is 3.80. The average Bonchev–Trinajstić information content (AvgIpc) is 2.19. The van der Waals surface area contributed by atoms with Gasteiger partial charge in [-0.3, -0.25) is 4.79 Å². The molecule has 0 bridgehead atoms. The minimum Gasteiger partial charge on any atom is -0.389 e. The van der Waals surface area contributed by atoms with Gasteiger partial charge in [0.15, 0.2) is 0 Å². The van der Waals surface area contributed by atoms with Gasteiger partial charge in [0.1, 0.15) is 0 Å². The van der Waals surface area contributed by atoms with Gasteiger partial charge in [0.05, 0.1) is 11.6 Å². The van der Waals surface area contributed by atoms with Gasteiger partial charge >= 0.3 is 0 Å². The van der Waals surface area contributed by atoms with Crippen LogP contribution in [0.4, 0.5) is 0 Å². The molecule has 0 aromatic carbocycles. The molecule has 1 amide bonds. The molecule has 1 unspecified atom stereocenters. The molecule has 0 aromatic rings. The number of primary amides is 1. The number of rotatable bonds is 5. The van der Waals surface area contributed by atoms with Gasteiger partial charge in [-0.15, -0.1) is 0 Å². The molecular formula is C11H22N2O2. The second-order valence-corrected chi connectivity index (χ2v) is 4.53. The zero-order valence-electron chi connectivity index (χ0n) is 9.46. The molecule has 1 saturated carbocycles. The SMILES string of the molecule is CCC(NCC1(O)CCCCC1)C(N)=O. The van der Waals surface area contributed by atoms with Gasteiger partial charge in [0, 0.05) is 6.54 Å².